The monoisotopic (exact) mass is 493 g/mol. The number of carbonyl (C=O) groups is 1. The van der Waals surface area contributed by atoms with E-state index in [9.17, 15) is 26.4 Å². The standard InChI is InChI=1S/C21H30F3N3O5S/c1-16-14-26(10-11-31-16)20(28)13-25-18-12-17(6-7-19(18)32-15-21(22,23)24)33(29,30)27-8-4-2-3-5-9-27/h6-7,12,16,25H,2-5,8-11,13-15H2,1H3. The van der Waals surface area contributed by atoms with Crippen molar-refractivity contribution in [2.24, 2.45) is 0 Å². The molecule has 186 valence electrons. The molecule has 0 spiro atoms. The number of halogens is 3. The second kappa shape index (κ2) is 10.9. The van der Waals surface area contributed by atoms with Crippen molar-refractivity contribution in [1.82, 2.24) is 9.21 Å². The Balaban J connectivity index is 1.80. The third-order valence-electron chi connectivity index (χ3n) is 5.57. The first-order valence-corrected chi connectivity index (χ1v) is 12.5. The predicted molar refractivity (Wildman–Crippen MR) is 116 cm³/mol. The number of nitrogens with one attached hydrogen (secondary N) is 1. The lowest BCUT2D eigenvalue weighted by atomic mass is 10.2. The first kappa shape index (κ1) is 25.6. The molecule has 0 saturated carbocycles. The van der Waals surface area contributed by atoms with Crippen molar-refractivity contribution < 1.29 is 35.9 Å². The van der Waals surface area contributed by atoms with Gasteiger partial charge in [0.2, 0.25) is 15.9 Å². The summed E-state index contributed by atoms with van der Waals surface area (Å²) in [6, 6.07) is 3.67. The van der Waals surface area contributed by atoms with Gasteiger partial charge in [0.15, 0.2) is 6.61 Å². The van der Waals surface area contributed by atoms with Crippen molar-refractivity contribution >= 4 is 21.6 Å². The predicted octanol–water partition coefficient (Wildman–Crippen LogP) is 2.85. The summed E-state index contributed by atoms with van der Waals surface area (Å²) in [5.74, 6) is -0.446. The van der Waals surface area contributed by atoms with Crippen LogP contribution in [0, 0.1) is 0 Å². The molecule has 3 rings (SSSR count). The fourth-order valence-electron chi connectivity index (χ4n) is 3.85. The van der Waals surface area contributed by atoms with Gasteiger partial charge in [-0.3, -0.25) is 4.79 Å². The first-order chi connectivity index (χ1) is 15.6. The van der Waals surface area contributed by atoms with E-state index in [4.69, 9.17) is 9.47 Å². The number of sulfonamides is 1. The minimum atomic E-state index is -4.56. The van der Waals surface area contributed by atoms with E-state index in [0.29, 0.717) is 32.8 Å². The van der Waals surface area contributed by atoms with E-state index in [1.165, 1.54) is 22.5 Å². The molecule has 1 aromatic carbocycles. The molecule has 1 atom stereocenters. The largest absolute Gasteiger partial charge is 0.482 e. The molecule has 2 fully saturated rings. The zero-order valence-electron chi connectivity index (χ0n) is 18.6. The Morgan fingerprint density at radius 2 is 1.88 bits per heavy atom. The van der Waals surface area contributed by atoms with Gasteiger partial charge in [-0.25, -0.2) is 8.42 Å². The van der Waals surface area contributed by atoms with E-state index >= 15 is 0 Å². The molecule has 0 radical (unpaired) electrons. The van der Waals surface area contributed by atoms with Crippen LogP contribution in [0.5, 0.6) is 5.75 Å². The van der Waals surface area contributed by atoms with Crippen molar-refractivity contribution in [2.75, 3.05) is 51.3 Å². The summed E-state index contributed by atoms with van der Waals surface area (Å²) in [5.41, 5.74) is 0.0183. The van der Waals surface area contributed by atoms with Gasteiger partial charge in [0.1, 0.15) is 5.75 Å². The van der Waals surface area contributed by atoms with Crippen molar-refractivity contribution in [1.29, 1.82) is 0 Å². The van der Waals surface area contributed by atoms with Crippen LogP contribution in [0.1, 0.15) is 32.6 Å². The van der Waals surface area contributed by atoms with E-state index in [1.807, 2.05) is 6.92 Å². The van der Waals surface area contributed by atoms with Crippen LogP contribution in [-0.2, 0) is 19.6 Å². The molecule has 1 amide bonds. The van der Waals surface area contributed by atoms with Crippen LogP contribution in [0.2, 0.25) is 0 Å². The highest BCUT2D eigenvalue weighted by Gasteiger charge is 2.30. The van der Waals surface area contributed by atoms with Crippen molar-refractivity contribution in [3.05, 3.63) is 18.2 Å². The summed E-state index contributed by atoms with van der Waals surface area (Å²) in [4.78, 5) is 14.1. The highest BCUT2D eigenvalue weighted by atomic mass is 32.2. The summed E-state index contributed by atoms with van der Waals surface area (Å²) in [5, 5.41) is 2.78. The molecule has 1 N–H and O–H groups in total. The summed E-state index contributed by atoms with van der Waals surface area (Å²) < 4.78 is 76.0. The molecule has 1 unspecified atom stereocenters. The molecule has 8 nitrogen and oxygen atoms in total. The number of anilines is 1. The van der Waals surface area contributed by atoms with Crippen LogP contribution in [-0.4, -0.2) is 81.7 Å². The lowest BCUT2D eigenvalue weighted by Crippen LogP contribution is -2.46. The number of hydrogen-bond acceptors (Lipinski definition) is 6. The van der Waals surface area contributed by atoms with Gasteiger partial charge < -0.3 is 19.7 Å². The number of rotatable bonds is 7. The third-order valence-corrected chi connectivity index (χ3v) is 7.46. The number of morpholine rings is 1. The van der Waals surface area contributed by atoms with Gasteiger partial charge in [-0.1, -0.05) is 12.8 Å². The third kappa shape index (κ3) is 7.21. The molecule has 33 heavy (non-hydrogen) atoms. The van der Waals surface area contributed by atoms with E-state index in [2.05, 4.69) is 5.32 Å². The molecule has 0 aliphatic carbocycles. The number of amides is 1. The molecule has 2 saturated heterocycles. The van der Waals surface area contributed by atoms with Gasteiger partial charge in [-0.15, -0.1) is 0 Å². The highest BCUT2D eigenvalue weighted by Crippen LogP contribution is 2.31. The zero-order chi connectivity index (χ0) is 24.1. The molecule has 0 bridgehead atoms. The van der Waals surface area contributed by atoms with Crippen molar-refractivity contribution in [3.63, 3.8) is 0 Å². The molecule has 1 aromatic rings. The Morgan fingerprint density at radius 3 is 2.52 bits per heavy atom. The second-order valence-electron chi connectivity index (χ2n) is 8.25. The number of nitrogens with zero attached hydrogens (tertiary/aromatic N) is 2. The van der Waals surface area contributed by atoms with E-state index in [0.717, 1.165) is 25.7 Å². The quantitative estimate of drug-likeness (QED) is 0.629. The molecule has 2 aliphatic rings. The fourth-order valence-corrected chi connectivity index (χ4v) is 5.40. The van der Waals surface area contributed by atoms with Gasteiger partial charge in [0.25, 0.3) is 0 Å². The van der Waals surface area contributed by atoms with Crippen LogP contribution < -0.4 is 10.1 Å². The Bertz CT molecular complexity index is 918. The Hall–Kier alpha value is -2.05. The summed E-state index contributed by atoms with van der Waals surface area (Å²) in [7, 11) is -3.83. The van der Waals surface area contributed by atoms with Crippen LogP contribution in [0.3, 0.4) is 0 Å². The summed E-state index contributed by atoms with van der Waals surface area (Å²) >= 11 is 0. The lowest BCUT2D eigenvalue weighted by Gasteiger charge is -2.31. The van der Waals surface area contributed by atoms with E-state index < -0.39 is 22.8 Å². The van der Waals surface area contributed by atoms with Gasteiger partial charge in [0, 0.05) is 26.2 Å². The van der Waals surface area contributed by atoms with Crippen LogP contribution in [0.4, 0.5) is 18.9 Å². The number of benzene rings is 1. The molecule has 12 heteroatoms. The number of carbonyl (C=O) groups excluding carboxylic acids is 1. The Morgan fingerprint density at radius 1 is 1.18 bits per heavy atom. The smallest absolute Gasteiger partial charge is 0.422 e. The summed E-state index contributed by atoms with van der Waals surface area (Å²) in [6.45, 7) is 2.09. The zero-order valence-corrected chi connectivity index (χ0v) is 19.4. The average molecular weight is 494 g/mol. The highest BCUT2D eigenvalue weighted by molar-refractivity contribution is 7.89. The topological polar surface area (TPSA) is 88.2 Å². The Kier molecular flexibility index (Phi) is 8.46. The minimum absolute atomic E-state index is 0.0183. The average Bonchev–Trinajstić information content (AvgIpc) is 3.06. The first-order valence-electron chi connectivity index (χ1n) is 11.0. The van der Waals surface area contributed by atoms with Gasteiger partial charge in [0.05, 0.1) is 29.8 Å². The van der Waals surface area contributed by atoms with Gasteiger partial charge >= 0.3 is 6.18 Å². The fraction of sp³-hybridized carbons (Fsp3) is 0.667. The van der Waals surface area contributed by atoms with E-state index in [1.54, 1.807) is 4.90 Å². The number of alkyl halides is 3. The molecule has 0 aromatic heterocycles. The molecular formula is C21H30F3N3O5S. The SMILES string of the molecule is CC1CN(C(=O)CNc2cc(S(=O)(=O)N3CCCCCC3)ccc2OCC(F)(F)F)CCO1. The normalized spacial score (nSPS) is 20.8. The van der Waals surface area contributed by atoms with Crippen LogP contribution in [0.25, 0.3) is 0 Å². The molecule has 2 aliphatic heterocycles. The maximum Gasteiger partial charge on any atom is 0.422 e. The minimum Gasteiger partial charge on any atom is -0.482 e. The molecule has 2 heterocycles. The maximum atomic E-state index is 13.1. The van der Waals surface area contributed by atoms with Crippen molar-refractivity contribution in [2.45, 2.75) is 49.8 Å². The Labute approximate surface area is 192 Å². The second-order valence-corrected chi connectivity index (χ2v) is 10.2. The lowest BCUT2D eigenvalue weighted by molar-refractivity contribution is -0.153. The van der Waals surface area contributed by atoms with Crippen LogP contribution in [0.15, 0.2) is 23.1 Å². The molecular weight excluding hydrogens is 463 g/mol. The van der Waals surface area contributed by atoms with Crippen molar-refractivity contribution in [3.8, 4) is 5.75 Å². The maximum absolute atomic E-state index is 13.1. The number of hydrogen-bond donors (Lipinski definition) is 1. The van der Waals surface area contributed by atoms with Crippen LogP contribution >= 0.6 is 0 Å². The summed E-state index contributed by atoms with van der Waals surface area (Å²) in [6.07, 6.45) is -1.27. The van der Waals surface area contributed by atoms with E-state index in [-0.39, 0.29) is 34.9 Å². The van der Waals surface area contributed by atoms with Gasteiger partial charge in [-0.2, -0.15) is 17.5 Å². The van der Waals surface area contributed by atoms with Gasteiger partial charge in [-0.05, 0) is 38.0 Å². The number of ether oxygens (including phenoxy) is 2.